The van der Waals surface area contributed by atoms with Gasteiger partial charge in [0, 0.05) is 17.5 Å². The van der Waals surface area contributed by atoms with Crippen molar-refractivity contribution in [2.45, 2.75) is 46.1 Å². The Labute approximate surface area is 90.8 Å². The zero-order valence-corrected chi connectivity index (χ0v) is 10.2. The van der Waals surface area contributed by atoms with Gasteiger partial charge in [-0.3, -0.25) is 0 Å². The average molecular weight is 212 g/mol. The Bertz CT molecular complexity index is 254. The molecule has 80 valence electrons. The van der Waals surface area contributed by atoms with E-state index in [1.54, 1.807) is 11.3 Å². The first-order valence-corrected chi connectivity index (χ1v) is 6.28. The number of thiazole rings is 1. The molecule has 0 spiro atoms. The lowest BCUT2D eigenvalue weighted by Gasteiger charge is -2.13. The summed E-state index contributed by atoms with van der Waals surface area (Å²) in [5.41, 5.74) is 3.13. The van der Waals surface area contributed by atoms with E-state index < -0.39 is 0 Å². The summed E-state index contributed by atoms with van der Waals surface area (Å²) in [5, 5.41) is 3.56. The van der Waals surface area contributed by atoms with Crippen LogP contribution < -0.4 is 5.32 Å². The van der Waals surface area contributed by atoms with Gasteiger partial charge in [0.05, 0.1) is 11.2 Å². The highest BCUT2D eigenvalue weighted by Gasteiger charge is 2.04. The van der Waals surface area contributed by atoms with E-state index in [1.165, 1.54) is 23.4 Å². The highest BCUT2D eigenvalue weighted by atomic mass is 32.1. The van der Waals surface area contributed by atoms with Crippen molar-refractivity contribution in [3.8, 4) is 0 Å². The van der Waals surface area contributed by atoms with E-state index in [9.17, 15) is 0 Å². The minimum Gasteiger partial charge on any atom is -0.314 e. The molecule has 1 N–H and O–H groups in total. The Morgan fingerprint density at radius 1 is 1.43 bits per heavy atom. The fourth-order valence-electron chi connectivity index (χ4n) is 1.53. The van der Waals surface area contributed by atoms with Crippen molar-refractivity contribution in [2.24, 2.45) is 0 Å². The van der Waals surface area contributed by atoms with Gasteiger partial charge in [0.1, 0.15) is 0 Å². The number of aromatic nitrogens is 1. The number of nitrogens with zero attached hydrogens (tertiary/aromatic N) is 1. The SMILES string of the molecule is CCC(CC)NCCc1scnc1C. The molecule has 1 heterocycles. The van der Waals surface area contributed by atoms with Gasteiger partial charge in [-0.2, -0.15) is 0 Å². The molecule has 0 bridgehead atoms. The van der Waals surface area contributed by atoms with Crippen LogP contribution in [0.4, 0.5) is 0 Å². The van der Waals surface area contributed by atoms with E-state index in [4.69, 9.17) is 0 Å². The lowest BCUT2D eigenvalue weighted by atomic mass is 10.1. The Kier molecular flexibility index (Phi) is 5.12. The molecule has 0 saturated carbocycles. The summed E-state index contributed by atoms with van der Waals surface area (Å²) in [4.78, 5) is 5.67. The average Bonchev–Trinajstić information content (AvgIpc) is 2.59. The molecule has 0 aromatic carbocycles. The monoisotopic (exact) mass is 212 g/mol. The van der Waals surface area contributed by atoms with Gasteiger partial charge in [-0.15, -0.1) is 11.3 Å². The molecule has 0 amide bonds. The van der Waals surface area contributed by atoms with Gasteiger partial charge in [0.15, 0.2) is 0 Å². The van der Waals surface area contributed by atoms with E-state index in [-0.39, 0.29) is 0 Å². The highest BCUT2D eigenvalue weighted by Crippen LogP contribution is 2.12. The maximum atomic E-state index is 4.25. The van der Waals surface area contributed by atoms with E-state index in [1.807, 2.05) is 5.51 Å². The summed E-state index contributed by atoms with van der Waals surface area (Å²) in [7, 11) is 0. The molecule has 1 aromatic heterocycles. The normalized spacial score (nSPS) is 11.1. The number of hydrogen-bond donors (Lipinski definition) is 1. The second-order valence-electron chi connectivity index (χ2n) is 3.58. The quantitative estimate of drug-likeness (QED) is 0.784. The first kappa shape index (κ1) is 11.7. The predicted molar refractivity (Wildman–Crippen MR) is 62.9 cm³/mol. The van der Waals surface area contributed by atoms with E-state index >= 15 is 0 Å². The molecule has 0 fully saturated rings. The molecular weight excluding hydrogens is 192 g/mol. The van der Waals surface area contributed by atoms with Crippen molar-refractivity contribution in [2.75, 3.05) is 6.54 Å². The smallest absolute Gasteiger partial charge is 0.0797 e. The molecule has 0 aliphatic rings. The van der Waals surface area contributed by atoms with Crippen LogP contribution in [-0.4, -0.2) is 17.6 Å². The van der Waals surface area contributed by atoms with Gasteiger partial charge in [-0.05, 0) is 26.2 Å². The molecule has 0 radical (unpaired) electrons. The molecule has 1 aromatic rings. The number of nitrogens with one attached hydrogen (secondary N) is 1. The van der Waals surface area contributed by atoms with Crippen LogP contribution in [0.25, 0.3) is 0 Å². The lowest BCUT2D eigenvalue weighted by molar-refractivity contribution is 0.488. The summed E-state index contributed by atoms with van der Waals surface area (Å²) in [5.74, 6) is 0. The zero-order chi connectivity index (χ0) is 10.4. The molecule has 0 unspecified atom stereocenters. The zero-order valence-electron chi connectivity index (χ0n) is 9.34. The fraction of sp³-hybridized carbons (Fsp3) is 0.727. The molecule has 0 aliphatic carbocycles. The van der Waals surface area contributed by atoms with Crippen LogP contribution >= 0.6 is 11.3 Å². The van der Waals surface area contributed by atoms with Crippen molar-refractivity contribution < 1.29 is 0 Å². The topological polar surface area (TPSA) is 24.9 Å². The molecule has 0 aliphatic heterocycles. The van der Waals surface area contributed by atoms with Crippen LogP contribution in [0.15, 0.2) is 5.51 Å². The molecule has 2 nitrogen and oxygen atoms in total. The predicted octanol–water partition coefficient (Wildman–Crippen LogP) is 2.77. The highest BCUT2D eigenvalue weighted by molar-refractivity contribution is 7.09. The number of hydrogen-bond acceptors (Lipinski definition) is 3. The molecular formula is C11H20N2S. The van der Waals surface area contributed by atoms with Crippen LogP contribution in [0.3, 0.4) is 0 Å². The van der Waals surface area contributed by atoms with Gasteiger partial charge < -0.3 is 5.32 Å². The Balaban J connectivity index is 2.24. The maximum Gasteiger partial charge on any atom is 0.0797 e. The molecule has 0 saturated heterocycles. The molecule has 3 heteroatoms. The third-order valence-electron chi connectivity index (χ3n) is 2.62. The third kappa shape index (κ3) is 3.39. The number of aryl methyl sites for hydroxylation is 1. The summed E-state index contributed by atoms with van der Waals surface area (Å²) >= 11 is 1.77. The minimum atomic E-state index is 0.684. The van der Waals surface area contributed by atoms with Crippen LogP contribution in [-0.2, 0) is 6.42 Å². The summed E-state index contributed by atoms with van der Waals surface area (Å²) in [6, 6.07) is 0.684. The Hall–Kier alpha value is -0.410. The standard InChI is InChI=1S/C11H20N2S/c1-4-10(5-2)12-7-6-11-9(3)13-8-14-11/h8,10,12H,4-7H2,1-3H3. The second kappa shape index (κ2) is 6.14. The first-order chi connectivity index (χ1) is 6.77. The van der Waals surface area contributed by atoms with Crippen molar-refractivity contribution in [1.29, 1.82) is 0 Å². The van der Waals surface area contributed by atoms with Crippen molar-refractivity contribution in [1.82, 2.24) is 10.3 Å². The minimum absolute atomic E-state index is 0.684. The van der Waals surface area contributed by atoms with Crippen LogP contribution in [0, 0.1) is 6.92 Å². The third-order valence-corrected chi connectivity index (χ3v) is 3.61. The summed E-state index contributed by atoms with van der Waals surface area (Å²) < 4.78 is 0. The van der Waals surface area contributed by atoms with Crippen molar-refractivity contribution in [3.05, 3.63) is 16.1 Å². The van der Waals surface area contributed by atoms with Crippen molar-refractivity contribution >= 4 is 11.3 Å². The van der Waals surface area contributed by atoms with Gasteiger partial charge in [0.25, 0.3) is 0 Å². The largest absolute Gasteiger partial charge is 0.314 e. The van der Waals surface area contributed by atoms with E-state index in [0.717, 1.165) is 13.0 Å². The second-order valence-corrected chi connectivity index (χ2v) is 4.52. The summed E-state index contributed by atoms with van der Waals surface area (Å²) in [6.45, 7) is 7.64. The number of rotatable bonds is 6. The maximum absolute atomic E-state index is 4.25. The molecule has 0 atom stereocenters. The van der Waals surface area contributed by atoms with Crippen LogP contribution in [0.1, 0.15) is 37.3 Å². The molecule has 1 rings (SSSR count). The first-order valence-electron chi connectivity index (χ1n) is 5.40. The van der Waals surface area contributed by atoms with Crippen LogP contribution in [0.5, 0.6) is 0 Å². The van der Waals surface area contributed by atoms with Gasteiger partial charge in [0.2, 0.25) is 0 Å². The Morgan fingerprint density at radius 3 is 2.64 bits per heavy atom. The van der Waals surface area contributed by atoms with Crippen molar-refractivity contribution in [3.63, 3.8) is 0 Å². The van der Waals surface area contributed by atoms with Gasteiger partial charge in [-0.25, -0.2) is 4.98 Å². The van der Waals surface area contributed by atoms with Gasteiger partial charge in [-0.1, -0.05) is 13.8 Å². The molecule has 14 heavy (non-hydrogen) atoms. The van der Waals surface area contributed by atoms with E-state index in [2.05, 4.69) is 31.1 Å². The lowest BCUT2D eigenvalue weighted by Crippen LogP contribution is -2.29. The summed E-state index contributed by atoms with van der Waals surface area (Å²) in [6.07, 6.45) is 3.56. The van der Waals surface area contributed by atoms with Crippen LogP contribution in [0.2, 0.25) is 0 Å². The Morgan fingerprint density at radius 2 is 2.14 bits per heavy atom. The van der Waals surface area contributed by atoms with Gasteiger partial charge >= 0.3 is 0 Å². The van der Waals surface area contributed by atoms with E-state index in [0.29, 0.717) is 6.04 Å². The fourth-order valence-corrected chi connectivity index (χ4v) is 2.31.